The van der Waals surface area contributed by atoms with Gasteiger partial charge in [0, 0.05) is 28.5 Å². The summed E-state index contributed by atoms with van der Waals surface area (Å²) in [6.07, 6.45) is 6.53. The second-order valence-electron chi connectivity index (χ2n) is 5.12. The summed E-state index contributed by atoms with van der Waals surface area (Å²) in [5.74, 6) is 0. The van der Waals surface area contributed by atoms with Crippen molar-refractivity contribution in [3.05, 3.63) is 63.9 Å². The number of benzene rings is 1. The molecule has 0 spiro atoms. The van der Waals surface area contributed by atoms with Crippen LogP contribution in [-0.4, -0.2) is 17.6 Å². The number of hydrogen-bond acceptors (Lipinski definition) is 2. The highest BCUT2D eigenvalue weighted by Crippen LogP contribution is 2.26. The molecule has 0 amide bonds. The Labute approximate surface area is 136 Å². The highest BCUT2D eigenvalue weighted by Gasteiger charge is 2.14. The van der Waals surface area contributed by atoms with Crippen molar-refractivity contribution in [2.45, 2.75) is 32.2 Å². The molecule has 0 radical (unpaired) electrons. The van der Waals surface area contributed by atoms with E-state index in [0.29, 0.717) is 6.04 Å². The van der Waals surface area contributed by atoms with Crippen LogP contribution in [0, 0.1) is 0 Å². The van der Waals surface area contributed by atoms with Gasteiger partial charge in [-0.1, -0.05) is 42.3 Å². The lowest BCUT2D eigenvalue weighted by molar-refractivity contribution is 0.504. The first kappa shape index (κ1) is 16.3. The zero-order valence-corrected chi connectivity index (χ0v) is 13.7. The summed E-state index contributed by atoms with van der Waals surface area (Å²) < 4.78 is 0. The second kappa shape index (κ2) is 8.38. The lowest BCUT2D eigenvalue weighted by Gasteiger charge is -2.20. The molecule has 1 aromatic carbocycles. The minimum Gasteiger partial charge on any atom is -0.313 e. The maximum atomic E-state index is 6.29. The smallest absolute Gasteiger partial charge is 0.0453 e. The van der Waals surface area contributed by atoms with E-state index in [9.17, 15) is 0 Å². The average Bonchev–Trinajstić information content (AvgIpc) is 2.49. The van der Waals surface area contributed by atoms with Crippen LogP contribution in [0.15, 0.2) is 42.7 Å². The summed E-state index contributed by atoms with van der Waals surface area (Å²) in [7, 11) is 0. The third-order valence-corrected chi connectivity index (χ3v) is 4.11. The molecule has 1 heterocycles. The lowest BCUT2D eigenvalue weighted by atomic mass is 9.99. The Balaban J connectivity index is 2.12. The van der Waals surface area contributed by atoms with Crippen LogP contribution in [0.4, 0.5) is 0 Å². The van der Waals surface area contributed by atoms with E-state index in [0.717, 1.165) is 41.4 Å². The average molecular weight is 323 g/mol. The molecule has 1 atom stereocenters. The van der Waals surface area contributed by atoms with Crippen LogP contribution in [0.5, 0.6) is 0 Å². The topological polar surface area (TPSA) is 24.9 Å². The van der Waals surface area contributed by atoms with Gasteiger partial charge in [-0.05, 0) is 55.1 Å². The van der Waals surface area contributed by atoms with E-state index in [4.69, 9.17) is 23.2 Å². The van der Waals surface area contributed by atoms with E-state index < -0.39 is 0 Å². The largest absolute Gasteiger partial charge is 0.313 e. The van der Waals surface area contributed by atoms with Gasteiger partial charge in [0.15, 0.2) is 0 Å². The Kier molecular flexibility index (Phi) is 6.50. The van der Waals surface area contributed by atoms with Crippen molar-refractivity contribution >= 4 is 23.2 Å². The van der Waals surface area contributed by atoms with Crippen LogP contribution in [0.2, 0.25) is 10.0 Å². The van der Waals surface area contributed by atoms with E-state index in [1.807, 2.05) is 30.5 Å². The Morgan fingerprint density at radius 1 is 1.10 bits per heavy atom. The van der Waals surface area contributed by atoms with Gasteiger partial charge in [-0.3, -0.25) is 4.98 Å². The molecule has 0 aliphatic rings. The molecule has 0 saturated carbocycles. The van der Waals surface area contributed by atoms with Crippen molar-refractivity contribution in [1.29, 1.82) is 0 Å². The van der Waals surface area contributed by atoms with Crippen LogP contribution in [-0.2, 0) is 12.8 Å². The number of rotatable bonds is 7. The molecular weight excluding hydrogens is 303 g/mol. The zero-order chi connectivity index (χ0) is 15.1. The quantitative estimate of drug-likeness (QED) is 0.809. The van der Waals surface area contributed by atoms with Crippen molar-refractivity contribution in [3.63, 3.8) is 0 Å². The fourth-order valence-electron chi connectivity index (χ4n) is 2.34. The number of hydrogen-bond donors (Lipinski definition) is 1. The normalized spacial score (nSPS) is 12.3. The van der Waals surface area contributed by atoms with E-state index in [1.54, 1.807) is 6.20 Å². The maximum Gasteiger partial charge on any atom is 0.0453 e. The van der Waals surface area contributed by atoms with Crippen LogP contribution in [0.25, 0.3) is 0 Å². The molecule has 0 saturated heterocycles. The molecule has 0 fully saturated rings. The highest BCUT2D eigenvalue weighted by atomic mass is 35.5. The zero-order valence-electron chi connectivity index (χ0n) is 12.2. The molecule has 0 aliphatic heterocycles. The van der Waals surface area contributed by atoms with Gasteiger partial charge < -0.3 is 5.32 Å². The number of halogens is 2. The molecule has 21 heavy (non-hydrogen) atoms. The summed E-state index contributed by atoms with van der Waals surface area (Å²) >= 11 is 12.6. The van der Waals surface area contributed by atoms with Crippen molar-refractivity contribution in [1.82, 2.24) is 10.3 Å². The molecule has 1 aromatic heterocycles. The number of nitrogens with one attached hydrogen (secondary N) is 1. The molecular formula is C17H20Cl2N2. The first-order valence-electron chi connectivity index (χ1n) is 7.26. The van der Waals surface area contributed by atoms with E-state index in [2.05, 4.69) is 23.3 Å². The van der Waals surface area contributed by atoms with Crippen LogP contribution in [0.1, 0.15) is 24.5 Å². The van der Waals surface area contributed by atoms with Crippen molar-refractivity contribution < 1.29 is 0 Å². The number of pyridine rings is 1. The molecule has 0 aliphatic carbocycles. The Morgan fingerprint density at radius 2 is 1.86 bits per heavy atom. The fraction of sp³-hybridized carbons (Fsp3) is 0.353. The van der Waals surface area contributed by atoms with Crippen LogP contribution in [0.3, 0.4) is 0 Å². The van der Waals surface area contributed by atoms with Crippen LogP contribution < -0.4 is 5.32 Å². The molecule has 2 aromatic rings. The van der Waals surface area contributed by atoms with Gasteiger partial charge in [0.2, 0.25) is 0 Å². The minimum absolute atomic E-state index is 0.298. The standard InChI is InChI=1S/C17H20Cl2N2/c1-2-8-21-14(10-13-5-4-9-20-12-13)11-15-16(18)6-3-7-17(15)19/h3-7,9,12,14,21H,2,8,10-11H2,1H3. The predicted molar refractivity (Wildman–Crippen MR) is 90.2 cm³/mol. The molecule has 2 rings (SSSR count). The van der Waals surface area contributed by atoms with E-state index in [-0.39, 0.29) is 0 Å². The van der Waals surface area contributed by atoms with Gasteiger partial charge in [0.25, 0.3) is 0 Å². The van der Waals surface area contributed by atoms with Crippen LogP contribution >= 0.6 is 23.2 Å². The first-order chi connectivity index (χ1) is 10.2. The lowest BCUT2D eigenvalue weighted by Crippen LogP contribution is -2.34. The Bertz CT molecular complexity index is 538. The minimum atomic E-state index is 0.298. The summed E-state index contributed by atoms with van der Waals surface area (Å²) in [6.45, 7) is 3.14. The first-order valence-corrected chi connectivity index (χ1v) is 8.01. The summed E-state index contributed by atoms with van der Waals surface area (Å²) in [4.78, 5) is 4.18. The summed E-state index contributed by atoms with van der Waals surface area (Å²) in [5, 5.41) is 5.04. The van der Waals surface area contributed by atoms with Gasteiger partial charge in [-0.25, -0.2) is 0 Å². The van der Waals surface area contributed by atoms with Gasteiger partial charge in [-0.15, -0.1) is 0 Å². The van der Waals surface area contributed by atoms with Gasteiger partial charge >= 0.3 is 0 Å². The van der Waals surface area contributed by atoms with Gasteiger partial charge in [-0.2, -0.15) is 0 Å². The predicted octanol–water partition coefficient (Wildman–Crippen LogP) is 4.54. The fourth-order valence-corrected chi connectivity index (χ4v) is 2.89. The summed E-state index contributed by atoms with van der Waals surface area (Å²) in [5.41, 5.74) is 2.23. The van der Waals surface area contributed by atoms with Gasteiger partial charge in [0.1, 0.15) is 0 Å². The Morgan fingerprint density at radius 3 is 2.48 bits per heavy atom. The Hall–Kier alpha value is -1.09. The monoisotopic (exact) mass is 322 g/mol. The third kappa shape index (κ3) is 4.99. The van der Waals surface area contributed by atoms with Crippen molar-refractivity contribution in [2.75, 3.05) is 6.54 Å². The maximum absolute atomic E-state index is 6.29. The number of aromatic nitrogens is 1. The molecule has 1 unspecified atom stereocenters. The van der Waals surface area contributed by atoms with E-state index in [1.165, 1.54) is 5.56 Å². The summed E-state index contributed by atoms with van der Waals surface area (Å²) in [6, 6.07) is 10.0. The molecule has 112 valence electrons. The highest BCUT2D eigenvalue weighted by molar-refractivity contribution is 6.36. The molecule has 1 N–H and O–H groups in total. The SMILES string of the molecule is CCCNC(Cc1cccnc1)Cc1c(Cl)cccc1Cl. The molecule has 0 bridgehead atoms. The second-order valence-corrected chi connectivity index (χ2v) is 5.94. The molecule has 2 nitrogen and oxygen atoms in total. The van der Waals surface area contributed by atoms with Gasteiger partial charge in [0.05, 0.1) is 0 Å². The van der Waals surface area contributed by atoms with Crippen molar-refractivity contribution in [3.8, 4) is 0 Å². The molecule has 4 heteroatoms. The van der Waals surface area contributed by atoms with E-state index >= 15 is 0 Å². The van der Waals surface area contributed by atoms with Crippen molar-refractivity contribution in [2.24, 2.45) is 0 Å². The third-order valence-electron chi connectivity index (χ3n) is 3.40. The number of nitrogens with zero attached hydrogens (tertiary/aromatic N) is 1.